The van der Waals surface area contributed by atoms with Gasteiger partial charge in [0, 0.05) is 12.1 Å². The van der Waals surface area contributed by atoms with Crippen molar-refractivity contribution in [3.05, 3.63) is 29.3 Å². The van der Waals surface area contributed by atoms with Gasteiger partial charge in [-0.1, -0.05) is 11.6 Å². The van der Waals surface area contributed by atoms with E-state index in [1.807, 2.05) is 25.1 Å². The predicted octanol–water partition coefficient (Wildman–Crippen LogP) is 1.17. The highest BCUT2D eigenvalue weighted by Crippen LogP contribution is 2.29. The lowest BCUT2D eigenvalue weighted by atomic mass is 9.94. The molecule has 1 rings (SSSR count). The minimum Gasteiger partial charge on any atom is -0.496 e. The zero-order valence-corrected chi connectivity index (χ0v) is 8.87. The summed E-state index contributed by atoms with van der Waals surface area (Å²) in [6, 6.07) is 5.68. The molecule has 0 aliphatic rings. The number of benzene rings is 1. The fourth-order valence-corrected chi connectivity index (χ4v) is 1.35. The van der Waals surface area contributed by atoms with Crippen molar-refractivity contribution in [2.45, 2.75) is 19.4 Å². The molecule has 0 spiro atoms. The number of hydrogen-bond donors (Lipinski definition) is 2. The summed E-state index contributed by atoms with van der Waals surface area (Å²) in [5.41, 5.74) is 6.29. The molecule has 0 saturated carbocycles. The van der Waals surface area contributed by atoms with Crippen LogP contribution in [0.15, 0.2) is 18.2 Å². The van der Waals surface area contributed by atoms with Crippen LogP contribution >= 0.6 is 0 Å². The largest absolute Gasteiger partial charge is 0.496 e. The van der Waals surface area contributed by atoms with Crippen molar-refractivity contribution in [3.63, 3.8) is 0 Å². The number of aryl methyl sites for hydroxylation is 1. The van der Waals surface area contributed by atoms with Gasteiger partial charge in [0.15, 0.2) is 0 Å². The average molecular weight is 195 g/mol. The molecular formula is C11H17NO2. The highest BCUT2D eigenvalue weighted by Gasteiger charge is 2.24. The highest BCUT2D eigenvalue weighted by atomic mass is 16.5. The molecule has 14 heavy (non-hydrogen) atoms. The lowest BCUT2D eigenvalue weighted by Gasteiger charge is -2.24. The molecule has 3 nitrogen and oxygen atoms in total. The van der Waals surface area contributed by atoms with E-state index in [0.29, 0.717) is 5.75 Å². The van der Waals surface area contributed by atoms with E-state index in [-0.39, 0.29) is 6.54 Å². The van der Waals surface area contributed by atoms with Crippen LogP contribution in [0.25, 0.3) is 0 Å². The first-order chi connectivity index (χ1) is 6.51. The quantitative estimate of drug-likeness (QED) is 0.761. The van der Waals surface area contributed by atoms with Gasteiger partial charge in [-0.25, -0.2) is 0 Å². The molecule has 0 heterocycles. The molecule has 0 bridgehead atoms. The van der Waals surface area contributed by atoms with E-state index >= 15 is 0 Å². The minimum absolute atomic E-state index is 0.173. The van der Waals surface area contributed by atoms with Crippen molar-refractivity contribution in [1.29, 1.82) is 0 Å². The molecular weight excluding hydrogens is 178 g/mol. The van der Waals surface area contributed by atoms with Gasteiger partial charge in [0.25, 0.3) is 0 Å². The fraction of sp³-hybridized carbons (Fsp3) is 0.455. The van der Waals surface area contributed by atoms with Crippen molar-refractivity contribution in [2.24, 2.45) is 5.73 Å². The van der Waals surface area contributed by atoms with Crippen LogP contribution in [0, 0.1) is 6.92 Å². The second-order valence-electron chi connectivity index (χ2n) is 3.68. The minimum atomic E-state index is -1.03. The Kier molecular flexibility index (Phi) is 3.13. The van der Waals surface area contributed by atoms with Gasteiger partial charge in [-0.05, 0) is 26.0 Å². The molecule has 1 aromatic carbocycles. The van der Waals surface area contributed by atoms with Crippen molar-refractivity contribution >= 4 is 0 Å². The van der Waals surface area contributed by atoms with Gasteiger partial charge >= 0.3 is 0 Å². The topological polar surface area (TPSA) is 55.5 Å². The van der Waals surface area contributed by atoms with E-state index in [1.54, 1.807) is 14.0 Å². The maximum Gasteiger partial charge on any atom is 0.125 e. The predicted molar refractivity (Wildman–Crippen MR) is 56.4 cm³/mol. The summed E-state index contributed by atoms with van der Waals surface area (Å²) in [4.78, 5) is 0. The second kappa shape index (κ2) is 3.98. The third-order valence-electron chi connectivity index (χ3n) is 2.33. The Bertz CT molecular complexity index is 321. The summed E-state index contributed by atoms with van der Waals surface area (Å²) in [6.07, 6.45) is 0. The third-order valence-corrected chi connectivity index (χ3v) is 2.33. The number of rotatable bonds is 3. The standard InChI is InChI=1S/C11H17NO2/c1-8-4-5-10(14-3)9(6-8)11(2,13)7-12/h4-6,13H,7,12H2,1-3H3. The first-order valence-electron chi connectivity index (χ1n) is 4.59. The zero-order valence-electron chi connectivity index (χ0n) is 8.87. The smallest absolute Gasteiger partial charge is 0.125 e. The molecule has 1 atom stereocenters. The van der Waals surface area contributed by atoms with E-state index in [0.717, 1.165) is 11.1 Å². The molecule has 0 aliphatic carbocycles. The molecule has 0 aromatic heterocycles. The molecule has 1 unspecified atom stereocenters. The normalized spacial score (nSPS) is 14.9. The van der Waals surface area contributed by atoms with Crippen molar-refractivity contribution in [2.75, 3.05) is 13.7 Å². The summed E-state index contributed by atoms with van der Waals surface area (Å²) in [5, 5.41) is 10.0. The first kappa shape index (κ1) is 11.0. The van der Waals surface area contributed by atoms with Crippen molar-refractivity contribution in [1.82, 2.24) is 0 Å². The first-order valence-corrected chi connectivity index (χ1v) is 4.59. The van der Waals surface area contributed by atoms with Gasteiger partial charge in [0.2, 0.25) is 0 Å². The van der Waals surface area contributed by atoms with Crippen LogP contribution < -0.4 is 10.5 Å². The van der Waals surface area contributed by atoms with E-state index in [1.165, 1.54) is 0 Å². The second-order valence-corrected chi connectivity index (χ2v) is 3.68. The Morgan fingerprint density at radius 3 is 2.64 bits per heavy atom. The van der Waals surface area contributed by atoms with Crippen LogP contribution in [-0.4, -0.2) is 18.8 Å². The molecule has 0 amide bonds. The van der Waals surface area contributed by atoms with Crippen LogP contribution in [0.2, 0.25) is 0 Å². The molecule has 3 N–H and O–H groups in total. The molecule has 3 heteroatoms. The molecule has 0 radical (unpaired) electrons. The highest BCUT2D eigenvalue weighted by molar-refractivity contribution is 5.40. The summed E-state index contributed by atoms with van der Waals surface area (Å²) < 4.78 is 5.17. The van der Waals surface area contributed by atoms with Crippen LogP contribution in [-0.2, 0) is 5.60 Å². The van der Waals surface area contributed by atoms with Crippen molar-refractivity contribution in [3.8, 4) is 5.75 Å². The van der Waals surface area contributed by atoms with Crippen molar-refractivity contribution < 1.29 is 9.84 Å². The van der Waals surface area contributed by atoms with Crippen LogP contribution in [0.3, 0.4) is 0 Å². The molecule has 0 fully saturated rings. The molecule has 0 aliphatic heterocycles. The van der Waals surface area contributed by atoms with Gasteiger partial charge in [-0.3, -0.25) is 0 Å². The number of hydrogen-bond acceptors (Lipinski definition) is 3. The Morgan fingerprint density at radius 1 is 1.50 bits per heavy atom. The maximum absolute atomic E-state index is 10.0. The van der Waals surface area contributed by atoms with Gasteiger partial charge < -0.3 is 15.6 Å². The summed E-state index contributed by atoms with van der Waals surface area (Å²) in [7, 11) is 1.58. The summed E-state index contributed by atoms with van der Waals surface area (Å²) in [5.74, 6) is 0.672. The van der Waals surface area contributed by atoms with Gasteiger partial charge in [-0.2, -0.15) is 0 Å². The summed E-state index contributed by atoms with van der Waals surface area (Å²) >= 11 is 0. The number of methoxy groups -OCH3 is 1. The van der Waals surface area contributed by atoms with Gasteiger partial charge in [-0.15, -0.1) is 0 Å². The summed E-state index contributed by atoms with van der Waals surface area (Å²) in [6.45, 7) is 3.83. The van der Waals surface area contributed by atoms with Gasteiger partial charge in [0.05, 0.1) is 7.11 Å². The molecule has 0 saturated heterocycles. The van der Waals surface area contributed by atoms with E-state index < -0.39 is 5.60 Å². The Labute approximate surface area is 84.5 Å². The zero-order chi connectivity index (χ0) is 10.8. The van der Waals surface area contributed by atoms with Crippen LogP contribution in [0.4, 0.5) is 0 Å². The maximum atomic E-state index is 10.0. The average Bonchev–Trinajstić information content (AvgIpc) is 2.18. The lowest BCUT2D eigenvalue weighted by Crippen LogP contribution is -2.31. The van der Waals surface area contributed by atoms with E-state index in [4.69, 9.17) is 10.5 Å². The van der Waals surface area contributed by atoms with Crippen LogP contribution in [0.1, 0.15) is 18.1 Å². The Hall–Kier alpha value is -1.06. The Balaban J connectivity index is 3.23. The number of nitrogens with two attached hydrogens (primary N) is 1. The SMILES string of the molecule is COc1ccc(C)cc1C(C)(O)CN. The van der Waals surface area contributed by atoms with Gasteiger partial charge in [0.1, 0.15) is 11.4 Å². The van der Waals surface area contributed by atoms with Crippen LogP contribution in [0.5, 0.6) is 5.75 Å². The molecule has 78 valence electrons. The lowest BCUT2D eigenvalue weighted by molar-refractivity contribution is 0.0640. The number of aliphatic hydroxyl groups is 1. The third kappa shape index (κ3) is 2.05. The number of ether oxygens (including phenoxy) is 1. The monoisotopic (exact) mass is 195 g/mol. The van der Waals surface area contributed by atoms with E-state index in [2.05, 4.69) is 0 Å². The Morgan fingerprint density at radius 2 is 2.14 bits per heavy atom. The molecule has 1 aromatic rings. The van der Waals surface area contributed by atoms with E-state index in [9.17, 15) is 5.11 Å². The fourth-order valence-electron chi connectivity index (χ4n) is 1.35.